The minimum Gasteiger partial charge on any atom is -0.508 e. The van der Waals surface area contributed by atoms with Crippen LogP contribution in [-0.2, 0) is 13.1 Å². The molecule has 1 aromatic heterocycles. The molecule has 0 aliphatic carbocycles. The quantitative estimate of drug-likeness (QED) is 0.766. The van der Waals surface area contributed by atoms with Crippen molar-refractivity contribution < 1.29 is 5.11 Å². The molecular formula is C14H19N3O. The molecule has 4 nitrogen and oxygen atoms in total. The van der Waals surface area contributed by atoms with Crippen LogP contribution >= 0.6 is 0 Å². The largest absolute Gasteiger partial charge is 0.508 e. The van der Waals surface area contributed by atoms with Crippen molar-refractivity contribution >= 4 is 0 Å². The van der Waals surface area contributed by atoms with E-state index < -0.39 is 0 Å². The molecule has 4 heteroatoms. The Hall–Kier alpha value is -1.81. The van der Waals surface area contributed by atoms with Crippen LogP contribution < -0.4 is 5.32 Å². The Kier molecular flexibility index (Phi) is 4.36. The van der Waals surface area contributed by atoms with Crippen molar-refractivity contribution in [3.05, 3.63) is 48.0 Å². The van der Waals surface area contributed by atoms with Gasteiger partial charge in [-0.15, -0.1) is 0 Å². The maximum absolute atomic E-state index is 9.60. The summed E-state index contributed by atoms with van der Waals surface area (Å²) in [5.74, 6) is 0.357. The van der Waals surface area contributed by atoms with Crippen molar-refractivity contribution in [1.29, 1.82) is 0 Å². The summed E-state index contributed by atoms with van der Waals surface area (Å²) in [5, 5.41) is 12.9. The minimum absolute atomic E-state index is 0.357. The molecule has 1 heterocycles. The van der Waals surface area contributed by atoms with E-state index in [2.05, 4.69) is 14.9 Å². The number of phenolic OH excluding ortho intramolecular Hbond substituents is 1. The van der Waals surface area contributed by atoms with Gasteiger partial charge >= 0.3 is 0 Å². The standard InChI is InChI=1S/C14H19N3O/c1-12-10-17(11-16-12)8-4-7-15-9-13-5-2-3-6-14(13)18/h2-3,5-6,10-11,15,18H,4,7-9H2,1H3. The maximum atomic E-state index is 9.60. The summed E-state index contributed by atoms with van der Waals surface area (Å²) < 4.78 is 2.09. The van der Waals surface area contributed by atoms with Gasteiger partial charge in [0.1, 0.15) is 5.75 Å². The van der Waals surface area contributed by atoms with Crippen LogP contribution in [0.25, 0.3) is 0 Å². The van der Waals surface area contributed by atoms with Gasteiger partial charge in [0.05, 0.1) is 12.0 Å². The van der Waals surface area contributed by atoms with Crippen LogP contribution in [0.15, 0.2) is 36.8 Å². The van der Waals surface area contributed by atoms with Crippen molar-refractivity contribution in [2.45, 2.75) is 26.4 Å². The second-order valence-electron chi connectivity index (χ2n) is 4.41. The average molecular weight is 245 g/mol. The second kappa shape index (κ2) is 6.21. The molecule has 0 bridgehead atoms. The third-order valence-electron chi connectivity index (χ3n) is 2.84. The Morgan fingerprint density at radius 1 is 1.33 bits per heavy atom. The molecule has 0 amide bonds. The summed E-state index contributed by atoms with van der Waals surface area (Å²) in [6.45, 7) is 4.59. The summed E-state index contributed by atoms with van der Waals surface area (Å²) in [4.78, 5) is 4.18. The number of imidazole rings is 1. The summed E-state index contributed by atoms with van der Waals surface area (Å²) in [6, 6.07) is 7.41. The Morgan fingerprint density at radius 2 is 2.17 bits per heavy atom. The molecule has 0 saturated heterocycles. The predicted octanol–water partition coefficient (Wildman–Crippen LogP) is 2.08. The van der Waals surface area contributed by atoms with Gasteiger partial charge in [-0.05, 0) is 26.0 Å². The fourth-order valence-electron chi connectivity index (χ4n) is 1.86. The van der Waals surface area contributed by atoms with Gasteiger partial charge in [0, 0.05) is 24.8 Å². The number of benzene rings is 1. The fourth-order valence-corrected chi connectivity index (χ4v) is 1.86. The zero-order valence-electron chi connectivity index (χ0n) is 10.6. The molecule has 2 aromatic rings. The highest BCUT2D eigenvalue weighted by Crippen LogP contribution is 2.14. The summed E-state index contributed by atoms with van der Waals surface area (Å²) in [5.41, 5.74) is 1.99. The van der Waals surface area contributed by atoms with Crippen LogP contribution in [-0.4, -0.2) is 21.2 Å². The van der Waals surface area contributed by atoms with E-state index >= 15 is 0 Å². The molecule has 96 valence electrons. The van der Waals surface area contributed by atoms with Gasteiger partial charge in [-0.3, -0.25) is 0 Å². The fraction of sp³-hybridized carbons (Fsp3) is 0.357. The Balaban J connectivity index is 1.66. The van der Waals surface area contributed by atoms with E-state index in [1.807, 2.05) is 37.6 Å². The highest BCUT2D eigenvalue weighted by molar-refractivity contribution is 5.31. The van der Waals surface area contributed by atoms with Crippen molar-refractivity contribution in [2.24, 2.45) is 0 Å². The van der Waals surface area contributed by atoms with Crippen molar-refractivity contribution in [1.82, 2.24) is 14.9 Å². The maximum Gasteiger partial charge on any atom is 0.120 e. The first-order chi connectivity index (χ1) is 8.75. The Labute approximate surface area is 107 Å². The first kappa shape index (κ1) is 12.6. The minimum atomic E-state index is 0.357. The number of aromatic hydroxyl groups is 1. The molecule has 2 N–H and O–H groups in total. The zero-order valence-corrected chi connectivity index (χ0v) is 10.6. The lowest BCUT2D eigenvalue weighted by Crippen LogP contribution is -2.16. The summed E-state index contributed by atoms with van der Waals surface area (Å²) >= 11 is 0. The van der Waals surface area contributed by atoms with Crippen molar-refractivity contribution in [3.63, 3.8) is 0 Å². The first-order valence-corrected chi connectivity index (χ1v) is 6.21. The molecule has 0 fully saturated rings. The molecule has 0 spiro atoms. The number of phenols is 1. The first-order valence-electron chi connectivity index (χ1n) is 6.21. The van der Waals surface area contributed by atoms with E-state index in [1.54, 1.807) is 6.07 Å². The number of hydrogen-bond acceptors (Lipinski definition) is 3. The SMILES string of the molecule is Cc1cn(CCCNCc2ccccc2O)cn1. The molecule has 0 atom stereocenters. The van der Waals surface area contributed by atoms with Gasteiger partial charge in [-0.1, -0.05) is 18.2 Å². The van der Waals surface area contributed by atoms with Gasteiger partial charge in [0.2, 0.25) is 0 Å². The number of rotatable bonds is 6. The lowest BCUT2D eigenvalue weighted by atomic mass is 10.2. The highest BCUT2D eigenvalue weighted by atomic mass is 16.3. The van der Waals surface area contributed by atoms with Gasteiger partial charge in [0.15, 0.2) is 0 Å². The third-order valence-corrected chi connectivity index (χ3v) is 2.84. The lowest BCUT2D eigenvalue weighted by molar-refractivity contribution is 0.463. The molecular weight excluding hydrogens is 226 g/mol. The Morgan fingerprint density at radius 3 is 2.89 bits per heavy atom. The lowest BCUT2D eigenvalue weighted by Gasteiger charge is -2.07. The van der Waals surface area contributed by atoms with E-state index in [1.165, 1.54) is 0 Å². The molecule has 18 heavy (non-hydrogen) atoms. The van der Waals surface area contributed by atoms with Crippen LogP contribution in [0.3, 0.4) is 0 Å². The van der Waals surface area contributed by atoms with Crippen molar-refractivity contribution in [2.75, 3.05) is 6.54 Å². The van der Waals surface area contributed by atoms with E-state index in [0.29, 0.717) is 12.3 Å². The summed E-state index contributed by atoms with van der Waals surface area (Å²) in [7, 11) is 0. The normalized spacial score (nSPS) is 10.7. The number of nitrogens with zero attached hydrogens (tertiary/aromatic N) is 2. The van der Waals surface area contributed by atoms with E-state index in [9.17, 15) is 5.11 Å². The monoisotopic (exact) mass is 245 g/mol. The predicted molar refractivity (Wildman–Crippen MR) is 71.4 cm³/mol. The summed E-state index contributed by atoms with van der Waals surface area (Å²) in [6.07, 6.45) is 4.95. The number of aryl methyl sites for hydroxylation is 2. The van der Waals surface area contributed by atoms with E-state index in [4.69, 9.17) is 0 Å². The van der Waals surface area contributed by atoms with Crippen LogP contribution in [0.4, 0.5) is 0 Å². The zero-order chi connectivity index (χ0) is 12.8. The average Bonchev–Trinajstić information content (AvgIpc) is 2.77. The Bertz CT molecular complexity index is 493. The molecule has 0 aliphatic heterocycles. The van der Waals surface area contributed by atoms with E-state index in [0.717, 1.165) is 30.8 Å². The molecule has 1 aromatic carbocycles. The smallest absolute Gasteiger partial charge is 0.120 e. The third kappa shape index (κ3) is 3.60. The van der Waals surface area contributed by atoms with Gasteiger partial charge < -0.3 is 15.0 Å². The molecule has 0 radical (unpaired) electrons. The van der Waals surface area contributed by atoms with Crippen LogP contribution in [0.5, 0.6) is 5.75 Å². The number of nitrogens with one attached hydrogen (secondary N) is 1. The number of para-hydroxylation sites is 1. The topological polar surface area (TPSA) is 50.1 Å². The second-order valence-corrected chi connectivity index (χ2v) is 4.41. The molecule has 0 aliphatic rings. The van der Waals surface area contributed by atoms with Gasteiger partial charge in [0.25, 0.3) is 0 Å². The van der Waals surface area contributed by atoms with Crippen LogP contribution in [0, 0.1) is 6.92 Å². The number of hydrogen-bond donors (Lipinski definition) is 2. The molecule has 2 rings (SSSR count). The van der Waals surface area contributed by atoms with Crippen LogP contribution in [0.2, 0.25) is 0 Å². The van der Waals surface area contributed by atoms with E-state index in [-0.39, 0.29) is 0 Å². The van der Waals surface area contributed by atoms with Crippen molar-refractivity contribution in [3.8, 4) is 5.75 Å². The van der Waals surface area contributed by atoms with Crippen LogP contribution in [0.1, 0.15) is 17.7 Å². The van der Waals surface area contributed by atoms with Gasteiger partial charge in [-0.2, -0.15) is 0 Å². The molecule has 0 unspecified atom stereocenters. The number of aromatic nitrogens is 2. The van der Waals surface area contributed by atoms with Gasteiger partial charge in [-0.25, -0.2) is 4.98 Å². The molecule has 0 saturated carbocycles. The highest BCUT2D eigenvalue weighted by Gasteiger charge is 1.98.